The van der Waals surface area contributed by atoms with Crippen LogP contribution < -0.4 is 14.2 Å². The summed E-state index contributed by atoms with van der Waals surface area (Å²) in [6, 6.07) is 11.9. The molecule has 2 aromatic rings. The number of hydrogen-bond donors (Lipinski definition) is 1. The lowest BCUT2D eigenvalue weighted by Gasteiger charge is -2.13. The molecule has 2 rings (SSSR count). The molecule has 0 atom stereocenters. The molecular formula is C16H16O5. The summed E-state index contributed by atoms with van der Waals surface area (Å²) in [5.41, 5.74) is 0.899. The number of aromatic carboxylic acids is 1. The Bertz CT molecular complexity index is 636. The van der Waals surface area contributed by atoms with Crippen LogP contribution in [0.2, 0.25) is 0 Å². The van der Waals surface area contributed by atoms with Gasteiger partial charge in [0.15, 0.2) is 0 Å². The fraction of sp³-hybridized carbons (Fsp3) is 0.188. The van der Waals surface area contributed by atoms with Crippen LogP contribution in [0.4, 0.5) is 0 Å². The molecule has 0 amide bonds. The maximum Gasteiger partial charge on any atom is 0.339 e. The van der Waals surface area contributed by atoms with Crippen LogP contribution in [0, 0.1) is 0 Å². The van der Waals surface area contributed by atoms with Crippen LogP contribution in [0.25, 0.3) is 0 Å². The lowest BCUT2D eigenvalue weighted by molar-refractivity contribution is 0.0691. The number of carboxylic acid groups (broad SMARTS) is 1. The van der Waals surface area contributed by atoms with Gasteiger partial charge in [-0.1, -0.05) is 12.1 Å². The molecule has 0 fully saturated rings. The fourth-order valence-electron chi connectivity index (χ4n) is 1.92. The van der Waals surface area contributed by atoms with Crippen LogP contribution in [-0.4, -0.2) is 25.3 Å². The monoisotopic (exact) mass is 288 g/mol. The molecule has 0 saturated heterocycles. The number of carbonyl (C=O) groups is 1. The third-order valence-corrected chi connectivity index (χ3v) is 2.99. The van der Waals surface area contributed by atoms with E-state index in [9.17, 15) is 4.79 Å². The van der Waals surface area contributed by atoms with E-state index in [4.69, 9.17) is 19.3 Å². The van der Waals surface area contributed by atoms with Gasteiger partial charge in [-0.3, -0.25) is 0 Å². The number of carboxylic acids is 1. The highest BCUT2D eigenvalue weighted by Gasteiger charge is 2.12. The van der Waals surface area contributed by atoms with E-state index in [1.807, 2.05) is 0 Å². The molecule has 0 saturated carbocycles. The van der Waals surface area contributed by atoms with Crippen molar-refractivity contribution >= 4 is 5.97 Å². The highest BCUT2D eigenvalue weighted by atomic mass is 16.5. The molecule has 0 radical (unpaired) electrons. The number of hydrogen-bond acceptors (Lipinski definition) is 4. The van der Waals surface area contributed by atoms with Gasteiger partial charge in [0, 0.05) is 5.56 Å². The number of para-hydroxylation sites is 1. The van der Waals surface area contributed by atoms with Gasteiger partial charge in [0.2, 0.25) is 0 Å². The molecule has 21 heavy (non-hydrogen) atoms. The molecule has 1 N–H and O–H groups in total. The van der Waals surface area contributed by atoms with Gasteiger partial charge in [-0.05, 0) is 30.3 Å². The van der Waals surface area contributed by atoms with Crippen molar-refractivity contribution in [2.75, 3.05) is 14.2 Å². The van der Waals surface area contributed by atoms with Gasteiger partial charge >= 0.3 is 5.97 Å². The minimum absolute atomic E-state index is 0.124. The van der Waals surface area contributed by atoms with Gasteiger partial charge in [0.05, 0.1) is 14.2 Å². The van der Waals surface area contributed by atoms with Crippen molar-refractivity contribution in [2.24, 2.45) is 0 Å². The first-order valence-electron chi connectivity index (χ1n) is 6.31. The number of rotatable bonds is 6. The summed E-state index contributed by atoms with van der Waals surface area (Å²) in [5.74, 6) is 0.627. The second kappa shape index (κ2) is 6.65. The van der Waals surface area contributed by atoms with E-state index in [0.717, 1.165) is 5.56 Å². The molecule has 5 nitrogen and oxygen atoms in total. The molecule has 5 heteroatoms. The average molecular weight is 288 g/mol. The van der Waals surface area contributed by atoms with Crippen LogP contribution in [-0.2, 0) is 6.61 Å². The Balaban J connectivity index is 2.22. The van der Waals surface area contributed by atoms with Gasteiger partial charge in [-0.15, -0.1) is 0 Å². The Morgan fingerprint density at radius 3 is 2.48 bits per heavy atom. The number of benzene rings is 2. The quantitative estimate of drug-likeness (QED) is 0.885. The SMILES string of the molecule is COc1ccc(OC)c(COc2ccccc2C(=O)O)c1. The molecule has 0 spiro atoms. The van der Waals surface area contributed by atoms with Crippen LogP contribution in [0.15, 0.2) is 42.5 Å². The second-order valence-electron chi connectivity index (χ2n) is 4.27. The minimum Gasteiger partial charge on any atom is -0.497 e. The molecule has 110 valence electrons. The zero-order valence-corrected chi connectivity index (χ0v) is 11.8. The van der Waals surface area contributed by atoms with Crippen molar-refractivity contribution in [3.63, 3.8) is 0 Å². The maximum absolute atomic E-state index is 11.1. The van der Waals surface area contributed by atoms with Gasteiger partial charge in [-0.2, -0.15) is 0 Å². The van der Waals surface area contributed by atoms with Crippen molar-refractivity contribution in [3.8, 4) is 17.2 Å². The first-order valence-corrected chi connectivity index (χ1v) is 6.31. The Morgan fingerprint density at radius 2 is 1.81 bits per heavy atom. The highest BCUT2D eigenvalue weighted by molar-refractivity contribution is 5.90. The maximum atomic E-state index is 11.1. The van der Waals surface area contributed by atoms with E-state index < -0.39 is 5.97 Å². The molecule has 2 aromatic carbocycles. The minimum atomic E-state index is -1.02. The average Bonchev–Trinajstić information content (AvgIpc) is 2.52. The molecule has 0 bridgehead atoms. The summed E-state index contributed by atoms with van der Waals surface area (Å²) in [6.07, 6.45) is 0. The van der Waals surface area contributed by atoms with Gasteiger partial charge in [-0.25, -0.2) is 4.79 Å². The summed E-state index contributed by atoms with van der Waals surface area (Å²) in [6.45, 7) is 0.185. The summed E-state index contributed by atoms with van der Waals surface area (Å²) >= 11 is 0. The van der Waals surface area contributed by atoms with Gasteiger partial charge in [0.1, 0.15) is 29.4 Å². The van der Waals surface area contributed by atoms with Crippen molar-refractivity contribution in [1.82, 2.24) is 0 Å². The van der Waals surface area contributed by atoms with Crippen LogP contribution in [0.5, 0.6) is 17.2 Å². The third kappa shape index (κ3) is 3.45. The molecular weight excluding hydrogens is 272 g/mol. The summed E-state index contributed by atoms with van der Waals surface area (Å²) < 4.78 is 16.0. The Labute approximate surface area is 122 Å². The van der Waals surface area contributed by atoms with Crippen LogP contribution in [0.3, 0.4) is 0 Å². The fourth-order valence-corrected chi connectivity index (χ4v) is 1.92. The van der Waals surface area contributed by atoms with E-state index in [0.29, 0.717) is 17.2 Å². The zero-order valence-electron chi connectivity index (χ0n) is 11.8. The Hall–Kier alpha value is -2.69. The van der Waals surface area contributed by atoms with E-state index in [-0.39, 0.29) is 12.2 Å². The Morgan fingerprint density at radius 1 is 1.05 bits per heavy atom. The summed E-state index contributed by atoms with van der Waals surface area (Å²) in [5, 5.41) is 9.12. The van der Waals surface area contributed by atoms with Crippen LogP contribution >= 0.6 is 0 Å². The van der Waals surface area contributed by atoms with Gasteiger partial charge < -0.3 is 19.3 Å². The molecule has 0 aliphatic heterocycles. The predicted octanol–water partition coefficient (Wildman–Crippen LogP) is 2.98. The molecule has 0 aliphatic rings. The first-order chi connectivity index (χ1) is 10.2. The molecule has 0 heterocycles. The van der Waals surface area contributed by atoms with Crippen molar-refractivity contribution in [3.05, 3.63) is 53.6 Å². The first kappa shape index (κ1) is 14.7. The van der Waals surface area contributed by atoms with Crippen LogP contribution in [0.1, 0.15) is 15.9 Å². The van der Waals surface area contributed by atoms with Gasteiger partial charge in [0.25, 0.3) is 0 Å². The lowest BCUT2D eigenvalue weighted by atomic mass is 10.2. The second-order valence-corrected chi connectivity index (χ2v) is 4.27. The van der Waals surface area contributed by atoms with Crippen molar-refractivity contribution < 1.29 is 24.1 Å². The van der Waals surface area contributed by atoms with E-state index >= 15 is 0 Å². The van der Waals surface area contributed by atoms with Crippen molar-refractivity contribution in [1.29, 1.82) is 0 Å². The zero-order chi connectivity index (χ0) is 15.2. The largest absolute Gasteiger partial charge is 0.497 e. The number of methoxy groups -OCH3 is 2. The van der Waals surface area contributed by atoms with E-state index in [2.05, 4.69) is 0 Å². The topological polar surface area (TPSA) is 65.0 Å². The normalized spacial score (nSPS) is 10.0. The summed E-state index contributed by atoms with van der Waals surface area (Å²) in [4.78, 5) is 11.1. The smallest absolute Gasteiger partial charge is 0.339 e. The lowest BCUT2D eigenvalue weighted by Crippen LogP contribution is -2.04. The number of ether oxygens (including phenoxy) is 3. The molecule has 0 aliphatic carbocycles. The highest BCUT2D eigenvalue weighted by Crippen LogP contribution is 2.26. The summed E-state index contributed by atoms with van der Waals surface area (Å²) in [7, 11) is 3.14. The molecule has 0 unspecified atom stereocenters. The molecule has 0 aromatic heterocycles. The standard InChI is InChI=1S/C16H16O5/c1-19-12-7-8-14(20-2)11(9-12)10-21-15-6-4-3-5-13(15)16(17)18/h3-9H,10H2,1-2H3,(H,17,18). The predicted molar refractivity (Wildman–Crippen MR) is 77.3 cm³/mol. The van der Waals surface area contributed by atoms with E-state index in [1.54, 1.807) is 50.6 Å². The third-order valence-electron chi connectivity index (χ3n) is 2.99. The van der Waals surface area contributed by atoms with Crippen molar-refractivity contribution in [2.45, 2.75) is 6.61 Å². The van der Waals surface area contributed by atoms with E-state index in [1.165, 1.54) is 6.07 Å². The Kier molecular flexibility index (Phi) is 4.66.